The average molecular weight is 254 g/mol. The second-order valence-electron chi connectivity index (χ2n) is 6.14. The maximum absolute atomic E-state index is 9.51. The number of aliphatic hydroxyl groups is 1. The summed E-state index contributed by atoms with van der Waals surface area (Å²) in [7, 11) is 0. The molecule has 3 nitrogen and oxygen atoms in total. The number of hydrogen-bond acceptors (Lipinski definition) is 3. The van der Waals surface area contributed by atoms with Crippen molar-refractivity contribution in [1.82, 2.24) is 10.2 Å². The fourth-order valence-corrected chi connectivity index (χ4v) is 3.36. The normalized spacial score (nSPS) is 35.3. The maximum atomic E-state index is 9.51. The van der Waals surface area contributed by atoms with Crippen molar-refractivity contribution in [2.45, 2.75) is 64.0 Å². The fourth-order valence-electron chi connectivity index (χ4n) is 3.36. The summed E-state index contributed by atoms with van der Waals surface area (Å²) in [6.07, 6.45) is 8.42. The molecule has 0 aromatic heterocycles. The lowest BCUT2D eigenvalue weighted by Gasteiger charge is -2.27. The topological polar surface area (TPSA) is 35.5 Å². The third kappa shape index (κ3) is 4.52. The number of likely N-dealkylation sites (tertiary alicyclic amines) is 1. The Morgan fingerprint density at radius 3 is 2.56 bits per heavy atom. The van der Waals surface area contributed by atoms with Gasteiger partial charge in [0.1, 0.15) is 0 Å². The van der Waals surface area contributed by atoms with Crippen molar-refractivity contribution in [1.29, 1.82) is 0 Å². The van der Waals surface area contributed by atoms with Gasteiger partial charge in [-0.05, 0) is 77.0 Å². The highest BCUT2D eigenvalue weighted by Gasteiger charge is 2.21. The van der Waals surface area contributed by atoms with Crippen molar-refractivity contribution in [3.05, 3.63) is 0 Å². The molecule has 0 aromatic rings. The molecule has 0 bridgehead atoms. The molecule has 1 aliphatic carbocycles. The van der Waals surface area contributed by atoms with Crippen molar-refractivity contribution in [3.63, 3.8) is 0 Å². The summed E-state index contributed by atoms with van der Waals surface area (Å²) in [5.74, 6) is 0.805. The molecule has 1 heterocycles. The van der Waals surface area contributed by atoms with Crippen LogP contribution in [0.3, 0.4) is 0 Å². The molecular formula is C15H30N2O. The molecule has 2 rings (SSSR count). The molecule has 1 atom stereocenters. The van der Waals surface area contributed by atoms with Gasteiger partial charge in [-0.3, -0.25) is 0 Å². The van der Waals surface area contributed by atoms with Crippen LogP contribution >= 0.6 is 0 Å². The Balaban J connectivity index is 1.64. The highest BCUT2D eigenvalue weighted by atomic mass is 16.3. The molecule has 106 valence electrons. The molecule has 0 amide bonds. The third-order valence-electron chi connectivity index (χ3n) is 4.78. The molecule has 0 spiro atoms. The molecule has 2 N–H and O–H groups in total. The van der Waals surface area contributed by atoms with E-state index in [-0.39, 0.29) is 6.10 Å². The van der Waals surface area contributed by atoms with Gasteiger partial charge in [-0.15, -0.1) is 0 Å². The summed E-state index contributed by atoms with van der Waals surface area (Å²) in [5, 5.41) is 13.3. The van der Waals surface area contributed by atoms with E-state index >= 15 is 0 Å². The van der Waals surface area contributed by atoms with Crippen LogP contribution in [0.2, 0.25) is 0 Å². The number of hydrogen-bond donors (Lipinski definition) is 2. The van der Waals surface area contributed by atoms with Crippen LogP contribution in [-0.4, -0.2) is 48.3 Å². The lowest BCUT2D eigenvalue weighted by Crippen LogP contribution is -2.36. The van der Waals surface area contributed by atoms with Crippen LogP contribution in [0, 0.1) is 5.92 Å². The molecular weight excluding hydrogens is 224 g/mol. The number of rotatable bonds is 4. The molecule has 1 unspecified atom stereocenters. The molecule has 18 heavy (non-hydrogen) atoms. The Morgan fingerprint density at radius 1 is 1.06 bits per heavy atom. The van der Waals surface area contributed by atoms with Gasteiger partial charge < -0.3 is 15.3 Å². The van der Waals surface area contributed by atoms with Crippen molar-refractivity contribution in [2.24, 2.45) is 5.92 Å². The molecule has 1 aliphatic heterocycles. The van der Waals surface area contributed by atoms with Gasteiger partial charge in [0.2, 0.25) is 0 Å². The minimum Gasteiger partial charge on any atom is -0.393 e. The number of nitrogens with zero attached hydrogens (tertiary/aromatic N) is 1. The van der Waals surface area contributed by atoms with Gasteiger partial charge in [-0.25, -0.2) is 0 Å². The van der Waals surface area contributed by atoms with E-state index in [1.807, 2.05) is 0 Å². The first kappa shape index (κ1) is 14.3. The van der Waals surface area contributed by atoms with E-state index in [2.05, 4.69) is 17.1 Å². The molecule has 3 heteroatoms. The van der Waals surface area contributed by atoms with E-state index in [0.29, 0.717) is 0 Å². The minimum atomic E-state index is -0.0164. The Bertz CT molecular complexity index is 227. The van der Waals surface area contributed by atoms with Crippen molar-refractivity contribution in [3.8, 4) is 0 Å². The lowest BCUT2D eigenvalue weighted by atomic mass is 9.87. The van der Waals surface area contributed by atoms with E-state index in [9.17, 15) is 5.11 Å². The van der Waals surface area contributed by atoms with Crippen LogP contribution in [0.15, 0.2) is 0 Å². The second kappa shape index (κ2) is 7.46. The smallest absolute Gasteiger partial charge is 0.0540 e. The number of aliphatic hydroxyl groups excluding tert-OH is 1. The van der Waals surface area contributed by atoms with Gasteiger partial charge >= 0.3 is 0 Å². The highest BCUT2D eigenvalue weighted by Crippen LogP contribution is 2.24. The summed E-state index contributed by atoms with van der Waals surface area (Å²) in [4.78, 5) is 2.57. The zero-order chi connectivity index (χ0) is 12.8. The van der Waals surface area contributed by atoms with Gasteiger partial charge in [-0.1, -0.05) is 6.92 Å². The van der Waals surface area contributed by atoms with E-state index in [1.165, 1.54) is 58.3 Å². The van der Waals surface area contributed by atoms with Gasteiger partial charge in [0, 0.05) is 6.04 Å². The van der Waals surface area contributed by atoms with Crippen molar-refractivity contribution < 1.29 is 5.11 Å². The largest absolute Gasteiger partial charge is 0.393 e. The monoisotopic (exact) mass is 254 g/mol. The summed E-state index contributed by atoms with van der Waals surface area (Å²) >= 11 is 0. The summed E-state index contributed by atoms with van der Waals surface area (Å²) in [6.45, 7) is 7.18. The van der Waals surface area contributed by atoms with Crippen LogP contribution in [0.5, 0.6) is 0 Å². The molecule has 1 saturated heterocycles. The molecule has 0 aromatic carbocycles. The van der Waals surface area contributed by atoms with Crippen LogP contribution in [0.4, 0.5) is 0 Å². The summed E-state index contributed by atoms with van der Waals surface area (Å²) in [5.41, 5.74) is 0. The van der Waals surface area contributed by atoms with Crippen LogP contribution < -0.4 is 5.32 Å². The predicted octanol–water partition coefficient (Wildman–Crippen LogP) is 2.00. The quantitative estimate of drug-likeness (QED) is 0.805. The molecule has 2 aliphatic rings. The molecule has 0 radical (unpaired) electrons. The van der Waals surface area contributed by atoms with E-state index in [1.54, 1.807) is 0 Å². The zero-order valence-electron chi connectivity index (χ0n) is 11.9. The standard InChI is InChI=1S/C15H30N2O/c1-2-17-10-3-4-14(9-11-17)16-12-13-5-7-15(18)8-6-13/h13-16,18H,2-12H2,1H3. The fraction of sp³-hybridized carbons (Fsp3) is 1.00. The van der Waals surface area contributed by atoms with E-state index < -0.39 is 0 Å². The Labute approximate surface area is 112 Å². The Hall–Kier alpha value is -0.120. The Kier molecular flexibility index (Phi) is 5.93. The Morgan fingerprint density at radius 2 is 1.83 bits per heavy atom. The van der Waals surface area contributed by atoms with Crippen LogP contribution in [-0.2, 0) is 0 Å². The zero-order valence-corrected chi connectivity index (χ0v) is 11.9. The summed E-state index contributed by atoms with van der Waals surface area (Å²) < 4.78 is 0. The van der Waals surface area contributed by atoms with Crippen LogP contribution in [0.1, 0.15) is 51.9 Å². The SMILES string of the molecule is CCN1CCCC(NCC2CCC(O)CC2)CC1. The van der Waals surface area contributed by atoms with Gasteiger partial charge in [0.25, 0.3) is 0 Å². The van der Waals surface area contributed by atoms with Gasteiger partial charge in [0.15, 0.2) is 0 Å². The molecule has 2 fully saturated rings. The lowest BCUT2D eigenvalue weighted by molar-refractivity contribution is 0.107. The second-order valence-corrected chi connectivity index (χ2v) is 6.14. The van der Waals surface area contributed by atoms with E-state index in [4.69, 9.17) is 0 Å². The molecule has 1 saturated carbocycles. The van der Waals surface area contributed by atoms with Gasteiger partial charge in [-0.2, -0.15) is 0 Å². The van der Waals surface area contributed by atoms with E-state index in [0.717, 1.165) is 24.8 Å². The van der Waals surface area contributed by atoms with Gasteiger partial charge in [0.05, 0.1) is 6.10 Å². The first-order valence-electron chi connectivity index (χ1n) is 7.91. The third-order valence-corrected chi connectivity index (χ3v) is 4.78. The maximum Gasteiger partial charge on any atom is 0.0540 e. The first-order valence-corrected chi connectivity index (χ1v) is 7.91. The van der Waals surface area contributed by atoms with Crippen molar-refractivity contribution >= 4 is 0 Å². The summed E-state index contributed by atoms with van der Waals surface area (Å²) in [6, 6.07) is 0.730. The minimum absolute atomic E-state index is 0.0164. The van der Waals surface area contributed by atoms with Crippen molar-refractivity contribution in [2.75, 3.05) is 26.2 Å². The van der Waals surface area contributed by atoms with Crippen LogP contribution in [0.25, 0.3) is 0 Å². The predicted molar refractivity (Wildman–Crippen MR) is 75.7 cm³/mol. The first-order chi connectivity index (χ1) is 8.78. The average Bonchev–Trinajstić information content (AvgIpc) is 2.63. The highest BCUT2D eigenvalue weighted by molar-refractivity contribution is 4.78. The number of nitrogens with one attached hydrogen (secondary N) is 1.